The zero-order valence-electron chi connectivity index (χ0n) is 23.8. The minimum atomic E-state index is -4.62. The Morgan fingerprint density at radius 3 is 2.00 bits per heavy atom. The fourth-order valence-corrected chi connectivity index (χ4v) is 3.47. The molecule has 1 saturated heterocycles. The molecule has 1 aromatic carbocycles. The van der Waals surface area contributed by atoms with E-state index in [4.69, 9.17) is 14.2 Å². The predicted octanol–water partition coefficient (Wildman–Crippen LogP) is 4.84. The number of nitrogens with zero attached hydrogens (tertiary/aromatic N) is 2. The van der Waals surface area contributed by atoms with Crippen LogP contribution in [-0.2, 0) is 30.3 Å². The number of halogens is 3. The molecule has 39 heavy (non-hydrogen) atoms. The van der Waals surface area contributed by atoms with E-state index in [9.17, 15) is 27.6 Å². The summed E-state index contributed by atoms with van der Waals surface area (Å²) in [4.78, 5) is 40.3. The second kappa shape index (κ2) is 12.4. The summed E-state index contributed by atoms with van der Waals surface area (Å²) in [5.41, 5.74) is -0.494. The largest absolute Gasteiger partial charge is 0.476 e. The zero-order chi connectivity index (χ0) is 29.8. The summed E-state index contributed by atoms with van der Waals surface area (Å²) in [7, 11) is 0. The predicted molar refractivity (Wildman–Crippen MR) is 136 cm³/mol. The molecule has 9 nitrogen and oxygen atoms in total. The molecule has 0 spiro atoms. The van der Waals surface area contributed by atoms with Gasteiger partial charge in [0.25, 0.3) is 0 Å². The fraction of sp³-hybridized carbons (Fsp3) is 0.667. The molecule has 1 fully saturated rings. The lowest BCUT2D eigenvalue weighted by Crippen LogP contribution is -2.49. The summed E-state index contributed by atoms with van der Waals surface area (Å²) < 4.78 is 59.3. The summed E-state index contributed by atoms with van der Waals surface area (Å²) >= 11 is 0. The van der Waals surface area contributed by atoms with Crippen LogP contribution in [0.2, 0.25) is 0 Å². The molecule has 0 N–H and O–H groups in total. The highest BCUT2D eigenvalue weighted by molar-refractivity contribution is 5.80. The van der Waals surface area contributed by atoms with Crippen molar-refractivity contribution in [3.8, 4) is 5.75 Å². The average Bonchev–Trinajstić information content (AvgIpc) is 2.79. The number of esters is 2. The van der Waals surface area contributed by atoms with Crippen LogP contribution in [0.1, 0.15) is 59.6 Å². The number of aryl methyl sites for hydroxylation is 1. The number of carbonyl (C=O) groups is 3. The van der Waals surface area contributed by atoms with E-state index in [1.165, 1.54) is 11.8 Å². The topological polar surface area (TPSA) is 94.6 Å². The van der Waals surface area contributed by atoms with Gasteiger partial charge in [-0.05, 0) is 60.1 Å². The Balaban J connectivity index is 2.01. The molecule has 2 unspecified atom stereocenters. The number of ether oxygens (including phenoxy) is 4. The van der Waals surface area contributed by atoms with E-state index in [0.717, 1.165) is 18.1 Å². The first kappa shape index (κ1) is 32.2. The highest BCUT2D eigenvalue weighted by Crippen LogP contribution is 2.28. The molecular formula is C27H39F3N2O7. The molecule has 220 valence electrons. The number of hydrogen-bond donors (Lipinski definition) is 0. The molecule has 2 rings (SSSR count). The number of amides is 1. The second-order valence-electron chi connectivity index (χ2n) is 11.2. The van der Waals surface area contributed by atoms with Gasteiger partial charge in [0.05, 0.1) is 5.41 Å². The van der Waals surface area contributed by atoms with Crippen LogP contribution < -0.4 is 4.74 Å². The van der Waals surface area contributed by atoms with Crippen LogP contribution in [-0.4, -0.2) is 78.2 Å². The standard InChI is InChI=1S/C27H39F3N2O7/c1-17-9-10-20(16-31-11-13-32(14-12-31)24(35)36-18(2)27(28,29)30)21(15-17)39-26(7,8)23(34)38-19(3)37-22(33)25(4,5)6/h9-10,15,18-19H,11-14,16H2,1-8H3. The van der Waals surface area contributed by atoms with Crippen LogP contribution >= 0.6 is 0 Å². The van der Waals surface area contributed by atoms with Crippen molar-refractivity contribution < 1.29 is 46.5 Å². The zero-order valence-corrected chi connectivity index (χ0v) is 23.8. The Hall–Kier alpha value is -3.02. The molecule has 0 aromatic heterocycles. The Labute approximate surface area is 227 Å². The highest BCUT2D eigenvalue weighted by atomic mass is 19.4. The molecule has 2 atom stereocenters. The molecule has 0 radical (unpaired) electrons. The Morgan fingerprint density at radius 2 is 1.46 bits per heavy atom. The third-order valence-corrected chi connectivity index (χ3v) is 6.00. The molecule has 12 heteroatoms. The summed E-state index contributed by atoms with van der Waals surface area (Å²) in [6.45, 7) is 13.9. The van der Waals surface area contributed by atoms with Gasteiger partial charge in [0.1, 0.15) is 5.75 Å². The van der Waals surface area contributed by atoms with E-state index in [-0.39, 0.29) is 13.1 Å². The number of piperazine rings is 1. The normalized spacial score (nSPS) is 16.7. The van der Waals surface area contributed by atoms with Gasteiger partial charge in [0, 0.05) is 45.2 Å². The van der Waals surface area contributed by atoms with E-state index in [1.807, 2.05) is 24.0 Å². The summed E-state index contributed by atoms with van der Waals surface area (Å²) in [5.74, 6) is -0.771. The van der Waals surface area contributed by atoms with Crippen molar-refractivity contribution in [1.29, 1.82) is 0 Å². The maximum Gasteiger partial charge on any atom is 0.425 e. The van der Waals surface area contributed by atoms with Crippen LogP contribution in [0.3, 0.4) is 0 Å². The summed E-state index contributed by atoms with van der Waals surface area (Å²) in [5, 5.41) is 0. The number of rotatable bonds is 8. The van der Waals surface area contributed by atoms with Crippen molar-refractivity contribution in [2.45, 2.75) is 86.1 Å². The number of carbonyl (C=O) groups excluding carboxylic acids is 3. The molecule has 1 aliphatic heterocycles. The summed E-state index contributed by atoms with van der Waals surface area (Å²) in [6.07, 6.45) is -8.90. The molecular weight excluding hydrogens is 521 g/mol. The van der Waals surface area contributed by atoms with E-state index in [0.29, 0.717) is 25.4 Å². The van der Waals surface area contributed by atoms with Crippen LogP contribution in [0, 0.1) is 12.3 Å². The van der Waals surface area contributed by atoms with Crippen molar-refractivity contribution in [2.75, 3.05) is 26.2 Å². The Bertz CT molecular complexity index is 1030. The van der Waals surface area contributed by atoms with Gasteiger partial charge in [-0.1, -0.05) is 12.1 Å². The molecule has 1 aromatic rings. The van der Waals surface area contributed by atoms with E-state index >= 15 is 0 Å². The van der Waals surface area contributed by atoms with Gasteiger partial charge >= 0.3 is 24.2 Å². The molecule has 1 heterocycles. The SMILES string of the molecule is Cc1ccc(CN2CCN(C(=O)OC(C)C(F)(F)F)CC2)c(OC(C)(C)C(=O)OC(C)OC(=O)C(C)(C)C)c1. The van der Waals surface area contributed by atoms with E-state index in [1.54, 1.807) is 40.7 Å². The van der Waals surface area contributed by atoms with Crippen LogP contribution in [0.15, 0.2) is 18.2 Å². The molecule has 0 bridgehead atoms. The number of benzene rings is 1. The average molecular weight is 561 g/mol. The maximum atomic E-state index is 12.9. The van der Waals surface area contributed by atoms with Crippen LogP contribution in [0.25, 0.3) is 0 Å². The second-order valence-corrected chi connectivity index (χ2v) is 11.2. The molecule has 1 amide bonds. The van der Waals surface area contributed by atoms with Gasteiger partial charge in [0.15, 0.2) is 11.7 Å². The van der Waals surface area contributed by atoms with Gasteiger partial charge in [0.2, 0.25) is 6.29 Å². The number of hydrogen-bond acceptors (Lipinski definition) is 8. The third kappa shape index (κ3) is 9.59. The summed E-state index contributed by atoms with van der Waals surface area (Å²) in [6, 6.07) is 5.55. The van der Waals surface area contributed by atoms with Gasteiger partial charge < -0.3 is 23.8 Å². The van der Waals surface area contributed by atoms with Crippen molar-refractivity contribution in [2.24, 2.45) is 5.41 Å². The van der Waals surface area contributed by atoms with Crippen molar-refractivity contribution in [1.82, 2.24) is 9.80 Å². The smallest absolute Gasteiger partial charge is 0.425 e. The minimum absolute atomic E-state index is 0.203. The Kier molecular flexibility index (Phi) is 10.3. The first-order chi connectivity index (χ1) is 17.8. The van der Waals surface area contributed by atoms with Crippen molar-refractivity contribution in [3.63, 3.8) is 0 Å². The van der Waals surface area contributed by atoms with E-state index < -0.39 is 47.6 Å². The lowest BCUT2D eigenvalue weighted by atomic mass is 9.97. The van der Waals surface area contributed by atoms with Crippen molar-refractivity contribution in [3.05, 3.63) is 29.3 Å². The molecule has 0 aliphatic carbocycles. The van der Waals surface area contributed by atoms with Crippen LogP contribution in [0.4, 0.5) is 18.0 Å². The van der Waals surface area contributed by atoms with Gasteiger partial charge in [-0.15, -0.1) is 0 Å². The lowest BCUT2D eigenvalue weighted by molar-refractivity contribution is -0.200. The monoisotopic (exact) mass is 560 g/mol. The third-order valence-electron chi connectivity index (χ3n) is 6.00. The number of alkyl halides is 3. The van der Waals surface area contributed by atoms with Crippen LogP contribution in [0.5, 0.6) is 5.75 Å². The lowest BCUT2D eigenvalue weighted by Gasteiger charge is -2.35. The fourth-order valence-electron chi connectivity index (χ4n) is 3.47. The van der Waals surface area contributed by atoms with Crippen molar-refractivity contribution >= 4 is 18.0 Å². The highest BCUT2D eigenvalue weighted by Gasteiger charge is 2.40. The van der Waals surface area contributed by atoms with Gasteiger partial charge in [-0.2, -0.15) is 13.2 Å². The Morgan fingerprint density at radius 1 is 0.897 bits per heavy atom. The maximum absolute atomic E-state index is 12.9. The quantitative estimate of drug-likeness (QED) is 0.330. The van der Waals surface area contributed by atoms with E-state index in [2.05, 4.69) is 4.74 Å². The van der Waals surface area contributed by atoms with Gasteiger partial charge in [-0.3, -0.25) is 9.69 Å². The van der Waals surface area contributed by atoms with Gasteiger partial charge in [-0.25, -0.2) is 9.59 Å². The first-order valence-electron chi connectivity index (χ1n) is 12.7. The first-order valence-corrected chi connectivity index (χ1v) is 12.7. The minimum Gasteiger partial charge on any atom is -0.476 e. The molecule has 1 aliphatic rings. The molecule has 0 saturated carbocycles.